The van der Waals surface area contributed by atoms with Crippen LogP contribution in [-0.2, 0) is 16.9 Å². The smallest absolute Gasteiger partial charge is 0.145 e. The summed E-state index contributed by atoms with van der Waals surface area (Å²) in [4.78, 5) is 4.23. The van der Waals surface area contributed by atoms with Gasteiger partial charge in [-0.05, 0) is 12.8 Å². The monoisotopic (exact) mass is 212 g/mol. The quantitative estimate of drug-likeness (QED) is 0.778. The number of rotatable bonds is 6. The zero-order valence-corrected chi connectivity index (χ0v) is 9.73. The van der Waals surface area contributed by atoms with E-state index in [0.717, 1.165) is 13.0 Å². The second-order valence-corrected chi connectivity index (χ2v) is 3.76. The van der Waals surface area contributed by atoms with Crippen LogP contribution in [0.2, 0.25) is 0 Å². The second kappa shape index (κ2) is 5.28. The molecule has 0 saturated carbocycles. The third kappa shape index (κ3) is 2.58. The van der Waals surface area contributed by atoms with Crippen molar-refractivity contribution in [3.63, 3.8) is 0 Å². The Morgan fingerprint density at radius 1 is 1.53 bits per heavy atom. The largest absolute Gasteiger partial charge is 0.381 e. The lowest BCUT2D eigenvalue weighted by Crippen LogP contribution is -2.34. The molecule has 0 bridgehead atoms. The molecule has 0 spiro atoms. The topological polar surface area (TPSA) is 47.3 Å². The summed E-state index contributed by atoms with van der Waals surface area (Å²) in [7, 11) is 1.59. The van der Waals surface area contributed by atoms with E-state index in [9.17, 15) is 5.11 Å². The fraction of sp³-hybridized carbons (Fsp3) is 0.727. The normalized spacial score (nSPS) is 15.2. The molecule has 1 atom stereocenters. The van der Waals surface area contributed by atoms with Crippen LogP contribution in [0.4, 0.5) is 0 Å². The van der Waals surface area contributed by atoms with Crippen LogP contribution in [-0.4, -0.2) is 28.4 Å². The van der Waals surface area contributed by atoms with E-state index in [1.165, 1.54) is 0 Å². The van der Waals surface area contributed by atoms with Crippen LogP contribution in [0.25, 0.3) is 0 Å². The average Bonchev–Trinajstić information content (AvgIpc) is 2.67. The number of hydrogen-bond acceptors (Lipinski definition) is 3. The molecule has 1 aromatic heterocycles. The Bertz CT molecular complexity index is 299. The Morgan fingerprint density at radius 2 is 2.27 bits per heavy atom. The van der Waals surface area contributed by atoms with Gasteiger partial charge in [-0.3, -0.25) is 0 Å². The highest BCUT2D eigenvalue weighted by Gasteiger charge is 2.31. The molecule has 0 amide bonds. The highest BCUT2D eigenvalue weighted by molar-refractivity contribution is 5.05. The van der Waals surface area contributed by atoms with Crippen molar-refractivity contribution in [1.29, 1.82) is 0 Å². The summed E-state index contributed by atoms with van der Waals surface area (Å²) >= 11 is 0. The van der Waals surface area contributed by atoms with Gasteiger partial charge in [-0.2, -0.15) is 0 Å². The molecule has 0 aliphatic carbocycles. The van der Waals surface area contributed by atoms with Crippen molar-refractivity contribution in [1.82, 2.24) is 9.55 Å². The van der Waals surface area contributed by atoms with Crippen molar-refractivity contribution in [2.24, 2.45) is 0 Å². The number of methoxy groups -OCH3 is 1. The molecule has 1 N–H and O–H groups in total. The summed E-state index contributed by atoms with van der Waals surface area (Å²) in [6.07, 6.45) is 5.24. The molecule has 1 heterocycles. The lowest BCUT2D eigenvalue weighted by Gasteiger charge is -2.26. The van der Waals surface area contributed by atoms with Crippen molar-refractivity contribution in [2.45, 2.75) is 38.8 Å². The van der Waals surface area contributed by atoms with Crippen LogP contribution in [0.5, 0.6) is 0 Å². The minimum absolute atomic E-state index is 0.282. The van der Waals surface area contributed by atoms with Gasteiger partial charge < -0.3 is 14.4 Å². The number of nitrogens with zero attached hydrogens (tertiary/aromatic N) is 2. The van der Waals surface area contributed by atoms with Gasteiger partial charge in [0, 0.05) is 26.0 Å². The summed E-state index contributed by atoms with van der Waals surface area (Å²) in [6.45, 7) is 5.20. The number of aromatic nitrogens is 2. The molecule has 1 rings (SSSR count). The van der Waals surface area contributed by atoms with Gasteiger partial charge in [0.15, 0.2) is 0 Å². The lowest BCUT2D eigenvalue weighted by atomic mass is 10.0. The molecule has 0 radical (unpaired) electrons. The van der Waals surface area contributed by atoms with E-state index in [4.69, 9.17) is 4.74 Å². The molecule has 0 fully saturated rings. The van der Waals surface area contributed by atoms with Crippen molar-refractivity contribution < 1.29 is 9.84 Å². The Labute approximate surface area is 90.9 Å². The number of aliphatic hydroxyl groups is 1. The molecule has 4 nitrogen and oxygen atoms in total. The average molecular weight is 212 g/mol. The maximum atomic E-state index is 10.4. The van der Waals surface area contributed by atoms with E-state index in [2.05, 4.69) is 11.9 Å². The molecule has 86 valence electrons. The first kappa shape index (κ1) is 12.2. The van der Waals surface area contributed by atoms with Crippen molar-refractivity contribution in [3.05, 3.63) is 18.2 Å². The van der Waals surface area contributed by atoms with Crippen LogP contribution < -0.4 is 0 Å². The maximum Gasteiger partial charge on any atom is 0.145 e. The molecule has 0 saturated heterocycles. The SMILES string of the molecule is CCCn1ccnc1C(O)(CC)COC. The van der Waals surface area contributed by atoms with Crippen LogP contribution in [0, 0.1) is 0 Å². The number of imidazole rings is 1. The molecule has 0 aliphatic rings. The van der Waals surface area contributed by atoms with E-state index in [0.29, 0.717) is 12.2 Å². The van der Waals surface area contributed by atoms with E-state index < -0.39 is 5.60 Å². The standard InChI is InChI=1S/C11H20N2O2/c1-4-7-13-8-6-12-10(13)11(14,5-2)9-15-3/h6,8,14H,4-5,7,9H2,1-3H3. The molecule has 1 aromatic rings. The van der Waals surface area contributed by atoms with Crippen molar-refractivity contribution in [3.8, 4) is 0 Å². The van der Waals surface area contributed by atoms with Gasteiger partial charge in [0.25, 0.3) is 0 Å². The summed E-state index contributed by atoms with van der Waals surface area (Å²) in [5, 5.41) is 10.4. The predicted molar refractivity (Wildman–Crippen MR) is 58.6 cm³/mol. The van der Waals surface area contributed by atoms with Gasteiger partial charge in [0.1, 0.15) is 11.4 Å². The minimum Gasteiger partial charge on any atom is -0.381 e. The summed E-state index contributed by atoms with van der Waals surface area (Å²) < 4.78 is 7.04. The number of ether oxygens (including phenoxy) is 1. The number of hydrogen-bond donors (Lipinski definition) is 1. The summed E-state index contributed by atoms with van der Waals surface area (Å²) in [5.74, 6) is 0.702. The van der Waals surface area contributed by atoms with Crippen LogP contribution >= 0.6 is 0 Å². The highest BCUT2D eigenvalue weighted by atomic mass is 16.5. The maximum absolute atomic E-state index is 10.4. The molecule has 1 unspecified atom stereocenters. The third-order valence-corrected chi connectivity index (χ3v) is 2.56. The van der Waals surface area contributed by atoms with Crippen LogP contribution in [0.1, 0.15) is 32.5 Å². The van der Waals surface area contributed by atoms with Gasteiger partial charge >= 0.3 is 0 Å². The lowest BCUT2D eigenvalue weighted by molar-refractivity contribution is -0.0475. The van der Waals surface area contributed by atoms with Crippen LogP contribution in [0.3, 0.4) is 0 Å². The molecular weight excluding hydrogens is 192 g/mol. The second-order valence-electron chi connectivity index (χ2n) is 3.76. The van der Waals surface area contributed by atoms with E-state index in [-0.39, 0.29) is 6.61 Å². The van der Waals surface area contributed by atoms with Gasteiger partial charge in [-0.1, -0.05) is 13.8 Å². The highest BCUT2D eigenvalue weighted by Crippen LogP contribution is 2.23. The molecule has 0 aliphatic heterocycles. The van der Waals surface area contributed by atoms with E-state index in [1.807, 2.05) is 17.7 Å². The Balaban J connectivity index is 2.95. The molecule has 15 heavy (non-hydrogen) atoms. The Morgan fingerprint density at radius 3 is 2.80 bits per heavy atom. The molecular formula is C11H20N2O2. The fourth-order valence-corrected chi connectivity index (χ4v) is 1.70. The first-order chi connectivity index (χ1) is 7.18. The third-order valence-electron chi connectivity index (χ3n) is 2.56. The fourth-order valence-electron chi connectivity index (χ4n) is 1.70. The Kier molecular flexibility index (Phi) is 4.29. The van der Waals surface area contributed by atoms with E-state index in [1.54, 1.807) is 13.3 Å². The van der Waals surface area contributed by atoms with Gasteiger partial charge in [0.2, 0.25) is 0 Å². The molecule has 4 heteroatoms. The molecule has 0 aromatic carbocycles. The van der Waals surface area contributed by atoms with Gasteiger partial charge in [-0.15, -0.1) is 0 Å². The van der Waals surface area contributed by atoms with Crippen molar-refractivity contribution in [2.75, 3.05) is 13.7 Å². The predicted octanol–water partition coefficient (Wildman–Crippen LogP) is 1.54. The van der Waals surface area contributed by atoms with E-state index >= 15 is 0 Å². The number of aryl methyl sites for hydroxylation is 1. The van der Waals surface area contributed by atoms with Gasteiger partial charge in [0.05, 0.1) is 6.61 Å². The first-order valence-electron chi connectivity index (χ1n) is 5.41. The van der Waals surface area contributed by atoms with Crippen molar-refractivity contribution >= 4 is 0 Å². The summed E-state index contributed by atoms with van der Waals surface area (Å²) in [5.41, 5.74) is -0.965. The zero-order chi connectivity index (χ0) is 11.3. The van der Waals surface area contributed by atoms with Gasteiger partial charge in [-0.25, -0.2) is 4.98 Å². The minimum atomic E-state index is -0.965. The van der Waals surface area contributed by atoms with Crippen LogP contribution in [0.15, 0.2) is 12.4 Å². The first-order valence-corrected chi connectivity index (χ1v) is 5.41. The Hall–Kier alpha value is -0.870. The summed E-state index contributed by atoms with van der Waals surface area (Å²) in [6, 6.07) is 0. The zero-order valence-electron chi connectivity index (χ0n) is 9.73.